The summed E-state index contributed by atoms with van der Waals surface area (Å²) in [5.41, 5.74) is 0.000856. The lowest BCUT2D eigenvalue weighted by Gasteiger charge is -2.02. The van der Waals surface area contributed by atoms with E-state index in [-0.39, 0.29) is 17.8 Å². The number of Topliss-reactive ketones (excluding diaryl/α,β-unsaturated/α-hetero) is 1. The molecule has 0 aliphatic carbocycles. The third-order valence-electron chi connectivity index (χ3n) is 3.27. The number of hydrogen-bond donors (Lipinski definition) is 1. The van der Waals surface area contributed by atoms with Gasteiger partial charge in [0.25, 0.3) is 0 Å². The number of hydrogen-bond acceptors (Lipinski definition) is 2. The third kappa shape index (κ3) is 11.7. The van der Waals surface area contributed by atoms with Gasteiger partial charge in [0.05, 0.1) is 0 Å². The first-order valence-corrected chi connectivity index (χ1v) is 7.50. The Kier molecular flexibility index (Phi) is 11.2. The van der Waals surface area contributed by atoms with Crippen molar-refractivity contribution in [3.8, 4) is 0 Å². The van der Waals surface area contributed by atoms with Crippen LogP contribution in [0.25, 0.3) is 0 Å². The highest BCUT2D eigenvalue weighted by atomic mass is 16.4. The highest BCUT2D eigenvalue weighted by Gasteiger charge is 2.09. The van der Waals surface area contributed by atoms with E-state index >= 15 is 0 Å². The van der Waals surface area contributed by atoms with E-state index in [0.29, 0.717) is 6.42 Å². The van der Waals surface area contributed by atoms with Gasteiger partial charge in [-0.1, -0.05) is 64.9 Å². The Morgan fingerprint density at radius 1 is 0.895 bits per heavy atom. The molecular weight excluding hydrogens is 240 g/mol. The summed E-state index contributed by atoms with van der Waals surface area (Å²) in [5.74, 6) is -1.07. The van der Waals surface area contributed by atoms with Crippen molar-refractivity contribution in [2.75, 3.05) is 0 Å². The number of carboxylic acid groups (broad SMARTS) is 1. The zero-order valence-corrected chi connectivity index (χ0v) is 12.2. The van der Waals surface area contributed by atoms with E-state index in [2.05, 4.69) is 13.5 Å². The van der Waals surface area contributed by atoms with Crippen LogP contribution in [0, 0.1) is 0 Å². The quantitative estimate of drug-likeness (QED) is 0.395. The molecular formula is C16H28O3. The van der Waals surface area contributed by atoms with Crippen molar-refractivity contribution in [3.05, 3.63) is 12.2 Å². The summed E-state index contributed by atoms with van der Waals surface area (Å²) in [4.78, 5) is 21.9. The number of aliphatic carboxylic acids is 1. The van der Waals surface area contributed by atoms with Gasteiger partial charge in [-0.25, -0.2) is 4.79 Å². The van der Waals surface area contributed by atoms with Crippen LogP contribution < -0.4 is 0 Å². The minimum absolute atomic E-state index is 0.000856. The monoisotopic (exact) mass is 268 g/mol. The summed E-state index contributed by atoms with van der Waals surface area (Å²) in [6.45, 7) is 5.59. The molecule has 0 atom stereocenters. The molecule has 0 aromatic carbocycles. The van der Waals surface area contributed by atoms with E-state index in [9.17, 15) is 9.59 Å². The molecule has 0 bridgehead atoms. The summed E-state index contributed by atoms with van der Waals surface area (Å²) < 4.78 is 0. The predicted molar refractivity (Wildman–Crippen MR) is 78.2 cm³/mol. The maximum atomic E-state index is 11.4. The summed E-state index contributed by atoms with van der Waals surface area (Å²) in [7, 11) is 0. The molecule has 1 N–H and O–H groups in total. The predicted octanol–water partition coefficient (Wildman–Crippen LogP) is 4.51. The fourth-order valence-corrected chi connectivity index (χ4v) is 2.03. The first-order valence-electron chi connectivity index (χ1n) is 7.50. The Balaban J connectivity index is 3.32. The maximum Gasteiger partial charge on any atom is 0.331 e. The van der Waals surface area contributed by atoms with Crippen LogP contribution in [0.3, 0.4) is 0 Å². The Morgan fingerprint density at radius 3 is 1.84 bits per heavy atom. The number of ketones is 1. The Hall–Kier alpha value is -1.12. The molecule has 0 heterocycles. The van der Waals surface area contributed by atoms with Crippen LogP contribution in [0.4, 0.5) is 0 Å². The molecule has 0 aliphatic heterocycles. The lowest BCUT2D eigenvalue weighted by atomic mass is 10.0. The first-order chi connectivity index (χ1) is 9.07. The van der Waals surface area contributed by atoms with Gasteiger partial charge >= 0.3 is 5.97 Å². The first kappa shape index (κ1) is 17.9. The van der Waals surface area contributed by atoms with E-state index < -0.39 is 5.97 Å². The van der Waals surface area contributed by atoms with Gasteiger partial charge in [0.2, 0.25) is 0 Å². The Bertz CT molecular complexity index is 282. The highest BCUT2D eigenvalue weighted by Crippen LogP contribution is 2.11. The smallest absolute Gasteiger partial charge is 0.331 e. The number of unbranched alkanes of at least 4 members (excludes halogenated alkanes) is 8. The number of rotatable bonds is 13. The van der Waals surface area contributed by atoms with Gasteiger partial charge in [-0.05, 0) is 6.42 Å². The van der Waals surface area contributed by atoms with Gasteiger partial charge in [0.1, 0.15) is 5.78 Å². The summed E-state index contributed by atoms with van der Waals surface area (Å²) in [5, 5.41) is 8.61. The third-order valence-corrected chi connectivity index (χ3v) is 3.27. The summed E-state index contributed by atoms with van der Waals surface area (Å²) >= 11 is 0. The topological polar surface area (TPSA) is 54.4 Å². The average Bonchev–Trinajstić information content (AvgIpc) is 2.36. The Morgan fingerprint density at radius 2 is 1.37 bits per heavy atom. The minimum atomic E-state index is -1.07. The molecule has 0 spiro atoms. The Labute approximate surface area is 117 Å². The zero-order chi connectivity index (χ0) is 14.5. The van der Waals surface area contributed by atoms with Crippen LogP contribution in [0.5, 0.6) is 0 Å². The van der Waals surface area contributed by atoms with Gasteiger partial charge < -0.3 is 5.11 Å². The normalized spacial score (nSPS) is 10.4. The molecule has 0 saturated heterocycles. The van der Waals surface area contributed by atoms with Crippen molar-refractivity contribution >= 4 is 11.8 Å². The zero-order valence-electron chi connectivity index (χ0n) is 12.2. The molecule has 0 fully saturated rings. The average molecular weight is 268 g/mol. The molecule has 110 valence electrons. The highest BCUT2D eigenvalue weighted by molar-refractivity contribution is 5.94. The van der Waals surface area contributed by atoms with Gasteiger partial charge in [-0.15, -0.1) is 0 Å². The van der Waals surface area contributed by atoms with E-state index in [1.807, 2.05) is 0 Å². The van der Waals surface area contributed by atoms with E-state index in [1.54, 1.807) is 0 Å². The molecule has 3 nitrogen and oxygen atoms in total. The van der Waals surface area contributed by atoms with Crippen molar-refractivity contribution in [2.45, 2.75) is 77.6 Å². The van der Waals surface area contributed by atoms with Crippen molar-refractivity contribution < 1.29 is 14.7 Å². The lowest BCUT2D eigenvalue weighted by molar-refractivity contribution is -0.133. The largest absolute Gasteiger partial charge is 0.478 e. The van der Waals surface area contributed by atoms with E-state index in [0.717, 1.165) is 12.8 Å². The van der Waals surface area contributed by atoms with Crippen molar-refractivity contribution in [1.82, 2.24) is 0 Å². The van der Waals surface area contributed by atoms with Crippen molar-refractivity contribution in [3.63, 3.8) is 0 Å². The van der Waals surface area contributed by atoms with Crippen molar-refractivity contribution in [2.24, 2.45) is 0 Å². The maximum absolute atomic E-state index is 11.4. The van der Waals surface area contributed by atoms with Crippen LogP contribution in [-0.4, -0.2) is 16.9 Å². The van der Waals surface area contributed by atoms with E-state index in [4.69, 9.17) is 5.11 Å². The molecule has 0 unspecified atom stereocenters. The molecule has 0 aliphatic rings. The fourth-order valence-electron chi connectivity index (χ4n) is 2.03. The summed E-state index contributed by atoms with van der Waals surface area (Å²) in [6, 6.07) is 0. The second-order valence-corrected chi connectivity index (χ2v) is 5.20. The number of carboxylic acids is 1. The van der Waals surface area contributed by atoms with Crippen molar-refractivity contribution in [1.29, 1.82) is 0 Å². The van der Waals surface area contributed by atoms with Gasteiger partial charge in [-0.3, -0.25) is 4.79 Å². The number of carbonyl (C=O) groups is 2. The van der Waals surface area contributed by atoms with Gasteiger partial charge in [0.15, 0.2) is 0 Å². The van der Waals surface area contributed by atoms with Gasteiger partial charge in [0, 0.05) is 18.4 Å². The minimum Gasteiger partial charge on any atom is -0.478 e. The standard InChI is InChI=1S/C16H28O3/c1-3-4-5-6-7-8-9-10-11-12-15(17)13-14(2)16(18)19/h2-13H2,1H3,(H,18,19). The summed E-state index contributed by atoms with van der Waals surface area (Å²) in [6.07, 6.45) is 11.4. The van der Waals surface area contributed by atoms with Crippen LogP contribution in [0.2, 0.25) is 0 Å². The molecule has 0 aromatic rings. The SMILES string of the molecule is C=C(CC(=O)CCCCCCCCCCC)C(=O)O. The second-order valence-electron chi connectivity index (χ2n) is 5.20. The lowest BCUT2D eigenvalue weighted by Crippen LogP contribution is -2.06. The van der Waals surface area contributed by atoms with Crippen LogP contribution >= 0.6 is 0 Å². The molecule has 0 saturated carbocycles. The fraction of sp³-hybridized carbons (Fsp3) is 0.750. The number of carbonyl (C=O) groups excluding carboxylic acids is 1. The van der Waals surface area contributed by atoms with Crippen LogP contribution in [-0.2, 0) is 9.59 Å². The molecule has 0 rings (SSSR count). The van der Waals surface area contributed by atoms with E-state index in [1.165, 1.54) is 44.9 Å². The molecule has 3 heteroatoms. The molecule has 0 amide bonds. The molecule has 19 heavy (non-hydrogen) atoms. The van der Waals surface area contributed by atoms with Crippen LogP contribution in [0.1, 0.15) is 77.6 Å². The molecule has 0 aromatic heterocycles. The van der Waals surface area contributed by atoms with Crippen LogP contribution in [0.15, 0.2) is 12.2 Å². The van der Waals surface area contributed by atoms with Gasteiger partial charge in [-0.2, -0.15) is 0 Å². The second kappa shape index (κ2) is 11.9. The molecule has 0 radical (unpaired) electrons.